The number of nitrogens with one attached hydrogen (secondary N) is 1. The summed E-state index contributed by atoms with van der Waals surface area (Å²) in [7, 11) is 0. The van der Waals surface area contributed by atoms with E-state index in [-0.39, 0.29) is 24.5 Å². The number of carboxylic acid groups (broad SMARTS) is 1. The summed E-state index contributed by atoms with van der Waals surface area (Å²) in [4.78, 5) is 34.9. The van der Waals surface area contributed by atoms with E-state index in [9.17, 15) is 14.4 Å². The fourth-order valence-corrected chi connectivity index (χ4v) is 6.12. The lowest BCUT2D eigenvalue weighted by Gasteiger charge is -2.14. The third kappa shape index (κ3) is 41.7. The summed E-state index contributed by atoms with van der Waals surface area (Å²) in [6.45, 7) is 4.18. The molecular formula is C47H81NO5. The number of carbonyl (C=O) groups excluding carboxylic acids is 2. The molecule has 0 aliphatic carbocycles. The van der Waals surface area contributed by atoms with Crippen LogP contribution in [0.1, 0.15) is 206 Å². The van der Waals surface area contributed by atoms with Gasteiger partial charge in [0.15, 0.2) is 0 Å². The van der Waals surface area contributed by atoms with Gasteiger partial charge in [-0.1, -0.05) is 165 Å². The maximum Gasteiger partial charge on any atom is 0.322 e. The van der Waals surface area contributed by atoms with Crippen molar-refractivity contribution in [3.8, 4) is 0 Å². The molecular weight excluding hydrogens is 659 g/mol. The Labute approximate surface area is 326 Å². The number of aliphatic carboxylic acids is 1. The summed E-state index contributed by atoms with van der Waals surface area (Å²) in [5.74, 6) is -1.30. The largest absolute Gasteiger partial charge is 0.480 e. The van der Waals surface area contributed by atoms with Gasteiger partial charge in [0, 0.05) is 12.8 Å². The molecule has 1 amide bonds. The molecule has 0 bridgehead atoms. The van der Waals surface area contributed by atoms with Crippen LogP contribution in [-0.4, -0.2) is 35.6 Å². The first-order chi connectivity index (χ1) is 26.0. The summed E-state index contributed by atoms with van der Waals surface area (Å²) in [5, 5.41) is 11.1. The monoisotopic (exact) mass is 740 g/mol. The van der Waals surface area contributed by atoms with Crippen LogP contribution < -0.4 is 5.32 Å². The molecule has 0 heterocycles. The number of amides is 1. The Kier molecular flexibility index (Phi) is 39.6. The van der Waals surface area contributed by atoms with Crippen LogP contribution in [0.25, 0.3) is 0 Å². The smallest absolute Gasteiger partial charge is 0.322 e. The number of unbranched alkanes of at least 4 members (excludes halogenated alkanes) is 20. The molecule has 0 saturated heterocycles. The summed E-state index contributed by atoms with van der Waals surface area (Å²) in [5.41, 5.74) is 0. The van der Waals surface area contributed by atoms with Gasteiger partial charge in [0.2, 0.25) is 5.91 Å². The molecule has 0 saturated carbocycles. The van der Waals surface area contributed by atoms with E-state index in [1.165, 1.54) is 89.9 Å². The number of ether oxygens (including phenoxy) is 1. The third-order valence-corrected chi connectivity index (χ3v) is 9.40. The average molecular weight is 740 g/mol. The predicted octanol–water partition coefficient (Wildman–Crippen LogP) is 13.6. The highest BCUT2D eigenvalue weighted by Crippen LogP contribution is 2.15. The van der Waals surface area contributed by atoms with E-state index >= 15 is 0 Å². The van der Waals surface area contributed by atoms with Gasteiger partial charge in [0.05, 0.1) is 0 Å². The molecule has 0 rings (SSSR count). The van der Waals surface area contributed by atoms with Crippen LogP contribution in [0.2, 0.25) is 0 Å². The second-order valence-corrected chi connectivity index (χ2v) is 14.6. The summed E-state index contributed by atoms with van der Waals surface area (Å²) in [6, 6.07) is 0. The lowest BCUT2D eigenvalue weighted by atomic mass is 10.1. The molecule has 0 fully saturated rings. The zero-order valence-electron chi connectivity index (χ0n) is 34.4. The van der Waals surface area contributed by atoms with Crippen molar-refractivity contribution < 1.29 is 24.2 Å². The van der Waals surface area contributed by atoms with Crippen LogP contribution in [-0.2, 0) is 19.1 Å². The average Bonchev–Trinajstić information content (AvgIpc) is 3.14. The zero-order valence-corrected chi connectivity index (χ0v) is 34.4. The van der Waals surface area contributed by atoms with Crippen molar-refractivity contribution in [2.24, 2.45) is 0 Å². The molecule has 2 N–H and O–H groups in total. The molecule has 1 unspecified atom stereocenters. The summed E-state index contributed by atoms with van der Waals surface area (Å²) in [6.07, 6.45) is 55.1. The van der Waals surface area contributed by atoms with Gasteiger partial charge in [-0.05, 0) is 89.5 Å². The van der Waals surface area contributed by atoms with Gasteiger partial charge in [-0.3, -0.25) is 14.4 Å². The van der Waals surface area contributed by atoms with Crippen LogP contribution in [0.4, 0.5) is 0 Å². The van der Waals surface area contributed by atoms with Gasteiger partial charge in [0.25, 0.3) is 0 Å². The van der Waals surface area contributed by atoms with Crippen molar-refractivity contribution in [1.29, 1.82) is 0 Å². The SMILES string of the molecule is CCCCCC/C=C\C/C=C\C(CCCCCCCCC(=O)NCC(=O)O)OC(=O)CCCCCCCC/C=C\C/C=C\C/C=C\CCCCCCC. The van der Waals surface area contributed by atoms with E-state index in [0.717, 1.165) is 89.9 Å². The van der Waals surface area contributed by atoms with Gasteiger partial charge in [-0.25, -0.2) is 0 Å². The Morgan fingerprint density at radius 3 is 1.45 bits per heavy atom. The van der Waals surface area contributed by atoms with Crippen LogP contribution in [0, 0.1) is 0 Å². The van der Waals surface area contributed by atoms with Crippen molar-refractivity contribution in [1.82, 2.24) is 5.32 Å². The van der Waals surface area contributed by atoms with E-state index in [2.05, 4.69) is 79.9 Å². The minimum absolute atomic E-state index is 0.0831. The van der Waals surface area contributed by atoms with E-state index in [4.69, 9.17) is 9.84 Å². The highest BCUT2D eigenvalue weighted by Gasteiger charge is 2.11. The second kappa shape index (κ2) is 41.9. The molecule has 0 aliphatic rings. The number of hydrogen-bond donors (Lipinski definition) is 2. The zero-order chi connectivity index (χ0) is 38.7. The number of hydrogen-bond acceptors (Lipinski definition) is 4. The van der Waals surface area contributed by atoms with Crippen LogP contribution in [0.15, 0.2) is 60.8 Å². The molecule has 6 nitrogen and oxygen atoms in total. The molecule has 0 radical (unpaired) electrons. The van der Waals surface area contributed by atoms with Gasteiger partial charge in [0.1, 0.15) is 12.6 Å². The summed E-state index contributed by atoms with van der Waals surface area (Å²) < 4.78 is 5.93. The van der Waals surface area contributed by atoms with Crippen LogP contribution >= 0.6 is 0 Å². The quantitative estimate of drug-likeness (QED) is 0.0372. The van der Waals surface area contributed by atoms with Crippen LogP contribution in [0.5, 0.6) is 0 Å². The van der Waals surface area contributed by atoms with Crippen molar-refractivity contribution in [3.05, 3.63) is 60.8 Å². The molecule has 53 heavy (non-hydrogen) atoms. The maximum absolute atomic E-state index is 12.7. The number of carboxylic acids is 1. The first kappa shape index (κ1) is 50.1. The fourth-order valence-electron chi connectivity index (χ4n) is 6.12. The highest BCUT2D eigenvalue weighted by atomic mass is 16.5. The van der Waals surface area contributed by atoms with Gasteiger partial charge >= 0.3 is 11.9 Å². The minimum atomic E-state index is -1.02. The first-order valence-corrected chi connectivity index (χ1v) is 21.9. The summed E-state index contributed by atoms with van der Waals surface area (Å²) >= 11 is 0. The molecule has 0 aromatic rings. The predicted molar refractivity (Wildman–Crippen MR) is 226 cm³/mol. The Morgan fingerprint density at radius 2 is 0.925 bits per heavy atom. The number of allylic oxidation sites excluding steroid dienone is 9. The molecule has 304 valence electrons. The lowest BCUT2D eigenvalue weighted by Crippen LogP contribution is -2.28. The van der Waals surface area contributed by atoms with Crippen LogP contribution in [0.3, 0.4) is 0 Å². The van der Waals surface area contributed by atoms with Crippen molar-refractivity contribution in [3.63, 3.8) is 0 Å². The number of rotatable bonds is 39. The van der Waals surface area contributed by atoms with E-state index in [1.54, 1.807) is 0 Å². The molecule has 0 spiro atoms. The Bertz CT molecular complexity index is 995. The van der Waals surface area contributed by atoms with Crippen molar-refractivity contribution >= 4 is 17.8 Å². The molecule has 1 atom stereocenters. The first-order valence-electron chi connectivity index (χ1n) is 21.9. The van der Waals surface area contributed by atoms with E-state index < -0.39 is 5.97 Å². The van der Waals surface area contributed by atoms with E-state index in [0.29, 0.717) is 12.8 Å². The van der Waals surface area contributed by atoms with Gasteiger partial charge in [-0.2, -0.15) is 0 Å². The Hall–Kier alpha value is -2.89. The maximum atomic E-state index is 12.7. The van der Waals surface area contributed by atoms with E-state index in [1.807, 2.05) is 0 Å². The highest BCUT2D eigenvalue weighted by molar-refractivity contribution is 5.80. The molecule has 0 aromatic heterocycles. The normalized spacial score (nSPS) is 12.6. The third-order valence-electron chi connectivity index (χ3n) is 9.40. The molecule has 6 heteroatoms. The number of esters is 1. The topological polar surface area (TPSA) is 92.7 Å². The lowest BCUT2D eigenvalue weighted by molar-refractivity contribution is -0.147. The molecule has 0 aliphatic heterocycles. The Morgan fingerprint density at radius 1 is 0.509 bits per heavy atom. The van der Waals surface area contributed by atoms with Crippen molar-refractivity contribution in [2.45, 2.75) is 213 Å². The fraction of sp³-hybridized carbons (Fsp3) is 0.723. The number of carbonyl (C=O) groups is 3. The van der Waals surface area contributed by atoms with Gasteiger partial charge < -0.3 is 15.2 Å². The minimum Gasteiger partial charge on any atom is -0.480 e. The molecule has 0 aromatic carbocycles. The standard InChI is InChI=1S/C47H81NO5/c1-3-5-7-9-11-13-14-15-16-17-18-19-20-21-22-23-24-26-28-34-38-42-47(52)53-44(39-35-31-27-25-12-10-8-6-4-2)40-36-32-29-30-33-37-41-45(49)48-43-46(50)51/h14-15,17-18,20-21,25,27,35,39,44H,3-13,16,19,22-24,26,28-34,36-38,40-43H2,1-2H3,(H,48,49)(H,50,51)/b15-14-,18-17-,21-20-,27-25-,39-35-. The Balaban J connectivity index is 4.15. The van der Waals surface area contributed by atoms with Gasteiger partial charge in [-0.15, -0.1) is 0 Å². The van der Waals surface area contributed by atoms with Crippen molar-refractivity contribution in [2.75, 3.05) is 6.54 Å². The second-order valence-electron chi connectivity index (χ2n) is 14.6.